The molecule has 0 bridgehead atoms. The third-order valence-electron chi connectivity index (χ3n) is 8.25. The molecular formula is C40H24N6O. The first-order valence-electron chi connectivity index (χ1n) is 15.3. The van der Waals surface area contributed by atoms with Crippen molar-refractivity contribution in [2.45, 2.75) is 0 Å². The lowest BCUT2D eigenvalue weighted by molar-refractivity contribution is 0.654. The molecule has 47 heavy (non-hydrogen) atoms. The molecule has 0 atom stereocenters. The zero-order chi connectivity index (χ0) is 31.2. The maximum atomic E-state index is 6.03. The third-order valence-corrected chi connectivity index (χ3v) is 8.25. The van der Waals surface area contributed by atoms with Crippen LogP contribution in [0, 0.1) is 0 Å². The van der Waals surface area contributed by atoms with E-state index in [1.54, 1.807) is 6.20 Å². The molecule has 0 saturated carbocycles. The Labute approximate surface area is 269 Å². The van der Waals surface area contributed by atoms with Gasteiger partial charge in [-0.3, -0.25) is 9.97 Å². The number of pyridine rings is 3. The molecule has 0 unspecified atom stereocenters. The summed E-state index contributed by atoms with van der Waals surface area (Å²) in [5.74, 6) is 1.87. The second-order valence-electron chi connectivity index (χ2n) is 11.2. The van der Waals surface area contributed by atoms with Gasteiger partial charge in [-0.25, -0.2) is 19.9 Å². The summed E-state index contributed by atoms with van der Waals surface area (Å²) in [5, 5.41) is 2.95. The van der Waals surface area contributed by atoms with Crippen molar-refractivity contribution in [2.24, 2.45) is 0 Å². The van der Waals surface area contributed by atoms with Gasteiger partial charge >= 0.3 is 0 Å². The van der Waals surface area contributed by atoms with Crippen LogP contribution in [-0.2, 0) is 0 Å². The first-order valence-corrected chi connectivity index (χ1v) is 15.3. The maximum Gasteiger partial charge on any atom is 0.229 e. The summed E-state index contributed by atoms with van der Waals surface area (Å²) < 4.78 is 6.03. The topological polar surface area (TPSA) is 90.5 Å². The molecule has 220 valence electrons. The van der Waals surface area contributed by atoms with Gasteiger partial charge in [0.15, 0.2) is 23.1 Å². The zero-order valence-electron chi connectivity index (χ0n) is 24.9. The summed E-state index contributed by atoms with van der Waals surface area (Å²) in [7, 11) is 0. The molecule has 0 spiro atoms. The minimum atomic E-state index is 0.543. The van der Waals surface area contributed by atoms with Crippen molar-refractivity contribution in [3.05, 3.63) is 146 Å². The average Bonchev–Trinajstić information content (AvgIpc) is 3.53. The minimum Gasteiger partial charge on any atom is -0.436 e. The number of aromatic nitrogens is 6. The Morgan fingerprint density at radius 1 is 0.426 bits per heavy atom. The Bertz CT molecular complexity index is 2520. The van der Waals surface area contributed by atoms with Crippen molar-refractivity contribution in [1.82, 2.24) is 29.9 Å². The molecular weight excluding hydrogens is 580 g/mol. The van der Waals surface area contributed by atoms with Gasteiger partial charge in [0.2, 0.25) is 5.71 Å². The molecule has 4 aromatic carbocycles. The normalized spacial score (nSPS) is 11.4. The Balaban J connectivity index is 1.15. The Kier molecular flexibility index (Phi) is 6.31. The molecule has 7 nitrogen and oxygen atoms in total. The van der Waals surface area contributed by atoms with E-state index in [1.165, 1.54) is 0 Å². The van der Waals surface area contributed by atoms with Gasteiger partial charge < -0.3 is 4.42 Å². The van der Waals surface area contributed by atoms with Gasteiger partial charge in [-0.1, -0.05) is 91.0 Å². The average molecular weight is 605 g/mol. The van der Waals surface area contributed by atoms with Crippen molar-refractivity contribution in [3.63, 3.8) is 0 Å². The zero-order valence-corrected chi connectivity index (χ0v) is 24.9. The summed E-state index contributed by atoms with van der Waals surface area (Å²) in [6.45, 7) is 0. The standard InChI is InChI=1S/C40H24N6O/c1-3-9-26(10-4-1)37-44-38(27-11-5-2-6-12-27)46-39(45-37)30-14-7-13-28(23-30)29-17-16-25-20-22-42-35(32(25)24-29)33-19-18-31-36-34(15-8-21-41-36)47-40(31)43-33/h1-24H. The van der Waals surface area contributed by atoms with Crippen LogP contribution in [0.3, 0.4) is 0 Å². The van der Waals surface area contributed by atoms with Crippen LogP contribution in [0.15, 0.2) is 150 Å². The lowest BCUT2D eigenvalue weighted by Crippen LogP contribution is -2.00. The van der Waals surface area contributed by atoms with E-state index in [0.717, 1.165) is 60.9 Å². The van der Waals surface area contributed by atoms with Crippen molar-refractivity contribution in [1.29, 1.82) is 0 Å². The van der Waals surface area contributed by atoms with Crippen LogP contribution >= 0.6 is 0 Å². The molecule has 0 N–H and O–H groups in total. The molecule has 9 rings (SSSR count). The summed E-state index contributed by atoms with van der Waals surface area (Å²) in [4.78, 5) is 28.8. The van der Waals surface area contributed by atoms with Gasteiger partial charge in [0.1, 0.15) is 5.52 Å². The van der Waals surface area contributed by atoms with Crippen molar-refractivity contribution in [2.75, 3.05) is 0 Å². The van der Waals surface area contributed by atoms with Crippen molar-refractivity contribution >= 4 is 33.0 Å². The quantitative estimate of drug-likeness (QED) is 0.193. The number of benzene rings is 4. The highest BCUT2D eigenvalue weighted by atomic mass is 16.3. The van der Waals surface area contributed by atoms with Gasteiger partial charge in [-0.15, -0.1) is 0 Å². The van der Waals surface area contributed by atoms with Crippen molar-refractivity contribution < 1.29 is 4.42 Å². The van der Waals surface area contributed by atoms with Crippen LogP contribution in [0.2, 0.25) is 0 Å². The highest BCUT2D eigenvalue weighted by Gasteiger charge is 2.15. The van der Waals surface area contributed by atoms with E-state index in [1.807, 2.05) is 109 Å². The largest absolute Gasteiger partial charge is 0.436 e. The molecule has 0 radical (unpaired) electrons. The lowest BCUT2D eigenvalue weighted by Gasteiger charge is -2.11. The molecule has 0 amide bonds. The van der Waals surface area contributed by atoms with E-state index in [-0.39, 0.29) is 0 Å². The number of fused-ring (bicyclic) bond motifs is 4. The van der Waals surface area contributed by atoms with Crippen LogP contribution < -0.4 is 0 Å². The van der Waals surface area contributed by atoms with Gasteiger partial charge in [-0.2, -0.15) is 0 Å². The molecule has 0 fully saturated rings. The van der Waals surface area contributed by atoms with E-state index >= 15 is 0 Å². The highest BCUT2D eigenvalue weighted by molar-refractivity contribution is 6.02. The van der Waals surface area contributed by atoms with Crippen LogP contribution in [0.5, 0.6) is 0 Å². The number of nitrogens with zero attached hydrogens (tertiary/aromatic N) is 6. The van der Waals surface area contributed by atoms with E-state index < -0.39 is 0 Å². The smallest absolute Gasteiger partial charge is 0.229 e. The van der Waals surface area contributed by atoms with Crippen LogP contribution in [-0.4, -0.2) is 29.9 Å². The van der Waals surface area contributed by atoms with Gasteiger partial charge in [0.25, 0.3) is 0 Å². The summed E-state index contributed by atoms with van der Waals surface area (Å²) in [6.07, 6.45) is 3.58. The summed E-state index contributed by atoms with van der Waals surface area (Å²) in [6, 6.07) is 44.5. The summed E-state index contributed by atoms with van der Waals surface area (Å²) >= 11 is 0. The van der Waals surface area contributed by atoms with Gasteiger partial charge in [0, 0.05) is 34.5 Å². The maximum absolute atomic E-state index is 6.03. The molecule has 0 saturated heterocycles. The predicted molar refractivity (Wildman–Crippen MR) is 185 cm³/mol. The first-order chi connectivity index (χ1) is 23.3. The first kappa shape index (κ1) is 26.8. The van der Waals surface area contributed by atoms with Gasteiger partial charge in [-0.05, 0) is 59.0 Å². The molecule has 0 aliphatic heterocycles. The molecule has 0 aliphatic rings. The minimum absolute atomic E-state index is 0.543. The number of hydrogen-bond donors (Lipinski definition) is 0. The Hall–Kier alpha value is -6.60. The second-order valence-corrected chi connectivity index (χ2v) is 11.2. The Morgan fingerprint density at radius 2 is 1.11 bits per heavy atom. The Morgan fingerprint density at radius 3 is 1.87 bits per heavy atom. The van der Waals surface area contributed by atoms with E-state index in [0.29, 0.717) is 28.8 Å². The second kappa shape index (κ2) is 11.1. The highest BCUT2D eigenvalue weighted by Crippen LogP contribution is 2.34. The fraction of sp³-hybridized carbons (Fsp3) is 0. The fourth-order valence-electron chi connectivity index (χ4n) is 5.94. The lowest BCUT2D eigenvalue weighted by atomic mass is 9.98. The number of furan rings is 1. The molecule has 5 aromatic heterocycles. The van der Waals surface area contributed by atoms with Crippen LogP contribution in [0.4, 0.5) is 0 Å². The van der Waals surface area contributed by atoms with Crippen LogP contribution in [0.25, 0.3) is 89.7 Å². The number of hydrogen-bond acceptors (Lipinski definition) is 7. The summed E-state index contributed by atoms with van der Waals surface area (Å²) in [5.41, 5.74) is 8.43. The van der Waals surface area contributed by atoms with Crippen LogP contribution in [0.1, 0.15) is 0 Å². The third kappa shape index (κ3) is 4.87. The molecule has 7 heteroatoms. The van der Waals surface area contributed by atoms with E-state index in [2.05, 4.69) is 35.3 Å². The SMILES string of the molecule is c1ccc(-c2nc(-c3ccccc3)nc(-c3cccc(-c4ccc5ccnc(-c6ccc7c(n6)oc6cccnc67)c5c4)c3)n2)cc1. The van der Waals surface area contributed by atoms with E-state index in [4.69, 9.17) is 29.3 Å². The predicted octanol–water partition coefficient (Wildman–Crippen LogP) is 9.44. The monoisotopic (exact) mass is 604 g/mol. The van der Waals surface area contributed by atoms with Crippen molar-refractivity contribution in [3.8, 4) is 56.7 Å². The fourth-order valence-corrected chi connectivity index (χ4v) is 5.94. The van der Waals surface area contributed by atoms with Gasteiger partial charge in [0.05, 0.1) is 16.8 Å². The number of rotatable bonds is 5. The van der Waals surface area contributed by atoms with E-state index in [9.17, 15) is 0 Å². The molecule has 9 aromatic rings. The molecule has 0 aliphatic carbocycles. The molecule has 5 heterocycles.